The Morgan fingerprint density at radius 1 is 1.54 bits per heavy atom. The van der Waals surface area contributed by atoms with Gasteiger partial charge in [-0.15, -0.1) is 0 Å². The highest BCUT2D eigenvalue weighted by Gasteiger charge is 2.27. The zero-order chi connectivity index (χ0) is 10.1. The molecule has 0 bridgehead atoms. The Bertz CT molecular complexity index is 284. The largest absolute Gasteiger partial charge is 0.459 e. The Morgan fingerprint density at radius 3 is 2.54 bits per heavy atom. The molecule has 1 amide bonds. The average Bonchev–Trinajstić information content (AvgIpc) is 2.51. The van der Waals surface area contributed by atoms with Crippen molar-refractivity contribution in [1.29, 1.82) is 0 Å². The first-order valence-electron chi connectivity index (χ1n) is 4.00. The number of hydroxylamine groups is 2. The Labute approximate surface area is 76.7 Å². The Kier molecular flexibility index (Phi) is 2.43. The normalized spacial score (nSPS) is 11.4. The van der Waals surface area contributed by atoms with Gasteiger partial charge in [0.2, 0.25) is 0 Å². The van der Waals surface area contributed by atoms with Crippen molar-refractivity contribution in [2.45, 2.75) is 26.3 Å². The van der Waals surface area contributed by atoms with Crippen LogP contribution in [0.4, 0.5) is 0 Å². The summed E-state index contributed by atoms with van der Waals surface area (Å²) < 4.78 is 4.86. The van der Waals surface area contributed by atoms with Crippen molar-refractivity contribution in [1.82, 2.24) is 5.06 Å². The fourth-order valence-electron chi connectivity index (χ4n) is 0.809. The summed E-state index contributed by atoms with van der Waals surface area (Å²) in [7, 11) is 0. The number of furan rings is 1. The first kappa shape index (κ1) is 9.80. The lowest BCUT2D eigenvalue weighted by Gasteiger charge is -2.28. The minimum absolute atomic E-state index is 0.137. The predicted molar refractivity (Wildman–Crippen MR) is 46.4 cm³/mol. The third kappa shape index (κ3) is 2.09. The maximum atomic E-state index is 11.4. The van der Waals surface area contributed by atoms with Crippen LogP contribution >= 0.6 is 0 Å². The van der Waals surface area contributed by atoms with Gasteiger partial charge in [0.05, 0.1) is 11.8 Å². The molecule has 0 fully saturated rings. The van der Waals surface area contributed by atoms with E-state index >= 15 is 0 Å². The van der Waals surface area contributed by atoms with Crippen molar-refractivity contribution >= 4 is 5.91 Å². The smallest absolute Gasteiger partial charge is 0.313 e. The fourth-order valence-corrected chi connectivity index (χ4v) is 0.809. The summed E-state index contributed by atoms with van der Waals surface area (Å²) in [6.45, 7) is 5.19. The molecule has 1 aromatic rings. The summed E-state index contributed by atoms with van der Waals surface area (Å²) in [5.41, 5.74) is -0.621. The van der Waals surface area contributed by atoms with Crippen molar-refractivity contribution in [2.75, 3.05) is 0 Å². The molecule has 0 atom stereocenters. The molecule has 0 unspecified atom stereocenters. The van der Waals surface area contributed by atoms with Crippen LogP contribution in [0.25, 0.3) is 0 Å². The molecule has 72 valence electrons. The average molecular weight is 183 g/mol. The molecule has 0 spiro atoms. The molecule has 4 nitrogen and oxygen atoms in total. The van der Waals surface area contributed by atoms with Crippen molar-refractivity contribution in [3.05, 3.63) is 24.2 Å². The zero-order valence-corrected chi connectivity index (χ0v) is 7.94. The van der Waals surface area contributed by atoms with Gasteiger partial charge in [0.1, 0.15) is 0 Å². The standard InChI is InChI=1S/C9H13NO3/c1-9(2,3)10(12)8(11)7-5-4-6-13-7/h4-6,12H,1-3H3. The lowest BCUT2D eigenvalue weighted by Crippen LogP contribution is -2.42. The molecule has 0 aliphatic heterocycles. The highest BCUT2D eigenvalue weighted by Crippen LogP contribution is 2.14. The summed E-state index contributed by atoms with van der Waals surface area (Å²) in [4.78, 5) is 11.4. The molecule has 1 rings (SSSR count). The summed E-state index contributed by atoms with van der Waals surface area (Å²) in [6.07, 6.45) is 1.39. The molecular formula is C9H13NO3. The van der Waals surface area contributed by atoms with Crippen LogP contribution < -0.4 is 0 Å². The van der Waals surface area contributed by atoms with Crippen LogP contribution in [0.15, 0.2) is 22.8 Å². The number of hydrogen-bond acceptors (Lipinski definition) is 3. The SMILES string of the molecule is CC(C)(C)N(O)C(=O)c1ccco1. The zero-order valence-electron chi connectivity index (χ0n) is 7.94. The molecule has 4 heteroatoms. The van der Waals surface area contributed by atoms with Gasteiger partial charge in [-0.3, -0.25) is 10.0 Å². The van der Waals surface area contributed by atoms with E-state index in [1.165, 1.54) is 12.3 Å². The van der Waals surface area contributed by atoms with Gasteiger partial charge >= 0.3 is 5.91 Å². The van der Waals surface area contributed by atoms with Gasteiger partial charge < -0.3 is 4.42 Å². The number of hydrogen-bond donors (Lipinski definition) is 1. The van der Waals surface area contributed by atoms with Gasteiger partial charge in [0.25, 0.3) is 0 Å². The molecule has 0 saturated carbocycles. The van der Waals surface area contributed by atoms with E-state index in [1.54, 1.807) is 26.8 Å². The third-order valence-electron chi connectivity index (χ3n) is 1.56. The molecule has 1 aromatic heterocycles. The van der Waals surface area contributed by atoms with Gasteiger partial charge in [0, 0.05) is 0 Å². The maximum absolute atomic E-state index is 11.4. The number of amides is 1. The van der Waals surface area contributed by atoms with Crippen LogP contribution in [0.5, 0.6) is 0 Å². The number of rotatable bonds is 1. The van der Waals surface area contributed by atoms with E-state index in [2.05, 4.69) is 0 Å². The summed E-state index contributed by atoms with van der Waals surface area (Å²) in [6, 6.07) is 3.11. The second kappa shape index (κ2) is 3.22. The van der Waals surface area contributed by atoms with Crippen LogP contribution in [-0.2, 0) is 0 Å². The topological polar surface area (TPSA) is 53.7 Å². The molecule has 1 heterocycles. The molecule has 0 saturated heterocycles. The van der Waals surface area contributed by atoms with Gasteiger partial charge in [-0.2, -0.15) is 0 Å². The van der Waals surface area contributed by atoms with E-state index in [-0.39, 0.29) is 5.76 Å². The summed E-state index contributed by atoms with van der Waals surface area (Å²) in [5.74, 6) is -0.394. The van der Waals surface area contributed by atoms with E-state index in [4.69, 9.17) is 4.42 Å². The van der Waals surface area contributed by atoms with Crippen LogP contribution in [0.1, 0.15) is 31.3 Å². The Hall–Kier alpha value is -1.29. The van der Waals surface area contributed by atoms with Crippen molar-refractivity contribution in [2.24, 2.45) is 0 Å². The van der Waals surface area contributed by atoms with Crippen molar-refractivity contribution < 1.29 is 14.4 Å². The number of carbonyl (C=O) groups is 1. The second-order valence-corrected chi connectivity index (χ2v) is 3.77. The predicted octanol–water partition coefficient (Wildman–Crippen LogP) is 1.91. The Balaban J connectivity index is 2.81. The molecule has 0 aliphatic carbocycles. The first-order valence-corrected chi connectivity index (χ1v) is 4.00. The molecule has 0 aliphatic rings. The van der Waals surface area contributed by atoms with E-state index in [0.29, 0.717) is 5.06 Å². The monoisotopic (exact) mass is 183 g/mol. The highest BCUT2D eigenvalue weighted by atomic mass is 16.5. The second-order valence-electron chi connectivity index (χ2n) is 3.77. The lowest BCUT2D eigenvalue weighted by molar-refractivity contribution is -0.116. The molecule has 13 heavy (non-hydrogen) atoms. The van der Waals surface area contributed by atoms with Crippen molar-refractivity contribution in [3.63, 3.8) is 0 Å². The van der Waals surface area contributed by atoms with Crippen LogP contribution in [0.3, 0.4) is 0 Å². The van der Waals surface area contributed by atoms with Gasteiger partial charge in [-0.05, 0) is 32.9 Å². The summed E-state index contributed by atoms with van der Waals surface area (Å²) >= 11 is 0. The number of carbonyl (C=O) groups excluding carboxylic acids is 1. The van der Waals surface area contributed by atoms with Gasteiger partial charge in [-0.25, -0.2) is 5.06 Å². The van der Waals surface area contributed by atoms with E-state index < -0.39 is 11.4 Å². The van der Waals surface area contributed by atoms with Crippen molar-refractivity contribution in [3.8, 4) is 0 Å². The molecule has 1 N–H and O–H groups in total. The highest BCUT2D eigenvalue weighted by molar-refractivity contribution is 5.90. The maximum Gasteiger partial charge on any atom is 0.313 e. The minimum Gasteiger partial charge on any atom is -0.459 e. The summed E-state index contributed by atoms with van der Waals surface area (Å²) in [5, 5.41) is 10.1. The van der Waals surface area contributed by atoms with Gasteiger partial charge in [-0.1, -0.05) is 0 Å². The molecular weight excluding hydrogens is 170 g/mol. The molecule has 0 aromatic carbocycles. The first-order chi connectivity index (χ1) is 5.93. The van der Waals surface area contributed by atoms with Gasteiger partial charge in [0.15, 0.2) is 5.76 Å². The quantitative estimate of drug-likeness (QED) is 0.534. The number of nitrogens with zero attached hydrogens (tertiary/aromatic N) is 1. The van der Waals surface area contributed by atoms with Crippen LogP contribution in [-0.4, -0.2) is 21.7 Å². The Morgan fingerprint density at radius 2 is 2.15 bits per heavy atom. The molecule has 0 radical (unpaired) electrons. The van der Waals surface area contributed by atoms with E-state index in [0.717, 1.165) is 0 Å². The third-order valence-corrected chi connectivity index (χ3v) is 1.56. The van der Waals surface area contributed by atoms with Crippen LogP contribution in [0, 0.1) is 0 Å². The van der Waals surface area contributed by atoms with E-state index in [9.17, 15) is 10.0 Å². The minimum atomic E-state index is -0.621. The lowest BCUT2D eigenvalue weighted by atomic mass is 10.1. The fraction of sp³-hybridized carbons (Fsp3) is 0.444. The van der Waals surface area contributed by atoms with E-state index in [1.807, 2.05) is 0 Å². The van der Waals surface area contributed by atoms with Crippen LogP contribution in [0.2, 0.25) is 0 Å².